The van der Waals surface area contributed by atoms with Crippen LogP contribution in [0.2, 0.25) is 0 Å². The first-order chi connectivity index (χ1) is 8.13. The van der Waals surface area contributed by atoms with Crippen LogP contribution in [0.4, 0.5) is 0 Å². The first kappa shape index (κ1) is 14.4. The minimum atomic E-state index is -0.000827. The molecule has 1 rings (SSSR count). The molecule has 1 amide bonds. The summed E-state index contributed by atoms with van der Waals surface area (Å²) in [5.74, 6) is 0.402. The molecule has 0 spiro atoms. The first-order valence-corrected chi connectivity index (χ1v) is 6.24. The van der Waals surface area contributed by atoms with Crippen molar-refractivity contribution in [3.63, 3.8) is 0 Å². The molecule has 1 aliphatic heterocycles. The number of carbonyl (C=O) groups excluding carboxylic acids is 1. The van der Waals surface area contributed by atoms with Gasteiger partial charge < -0.3 is 20.1 Å². The molecule has 0 aliphatic carbocycles. The van der Waals surface area contributed by atoms with Crippen LogP contribution in [0.5, 0.6) is 0 Å². The van der Waals surface area contributed by atoms with Gasteiger partial charge in [-0.25, -0.2) is 0 Å². The Bertz CT molecular complexity index is 228. The lowest BCUT2D eigenvalue weighted by atomic mass is 10.0. The summed E-state index contributed by atoms with van der Waals surface area (Å²) in [5.41, 5.74) is 0. The van der Waals surface area contributed by atoms with Crippen LogP contribution in [0.15, 0.2) is 0 Å². The van der Waals surface area contributed by atoms with Gasteiger partial charge in [-0.15, -0.1) is 0 Å². The van der Waals surface area contributed by atoms with E-state index in [9.17, 15) is 4.79 Å². The standard InChI is InChI=1S/C12H24N2O3/c1-9(2)11(8-16-3)14-12(15)6-10-7-13-4-5-17-10/h9-11,13H,4-8H2,1-3H3,(H,14,15). The third-order valence-corrected chi connectivity index (χ3v) is 2.91. The fourth-order valence-electron chi connectivity index (χ4n) is 1.80. The molecule has 1 fully saturated rings. The monoisotopic (exact) mass is 244 g/mol. The van der Waals surface area contributed by atoms with Crippen LogP contribution >= 0.6 is 0 Å². The Morgan fingerprint density at radius 1 is 1.59 bits per heavy atom. The highest BCUT2D eigenvalue weighted by molar-refractivity contribution is 5.76. The van der Waals surface area contributed by atoms with Gasteiger partial charge in [-0.05, 0) is 5.92 Å². The van der Waals surface area contributed by atoms with Crippen molar-refractivity contribution in [1.29, 1.82) is 0 Å². The van der Waals surface area contributed by atoms with Crippen molar-refractivity contribution in [2.45, 2.75) is 32.4 Å². The second-order valence-corrected chi connectivity index (χ2v) is 4.77. The van der Waals surface area contributed by atoms with Gasteiger partial charge >= 0.3 is 0 Å². The van der Waals surface area contributed by atoms with E-state index in [2.05, 4.69) is 24.5 Å². The van der Waals surface area contributed by atoms with E-state index in [0.717, 1.165) is 13.1 Å². The molecule has 0 bridgehead atoms. The van der Waals surface area contributed by atoms with E-state index in [1.807, 2.05) is 0 Å². The molecule has 0 aromatic heterocycles. The minimum Gasteiger partial charge on any atom is -0.383 e. The van der Waals surface area contributed by atoms with Crippen molar-refractivity contribution in [3.05, 3.63) is 0 Å². The van der Waals surface area contributed by atoms with E-state index in [-0.39, 0.29) is 18.1 Å². The van der Waals surface area contributed by atoms with E-state index < -0.39 is 0 Å². The maximum absolute atomic E-state index is 11.8. The smallest absolute Gasteiger partial charge is 0.222 e. The van der Waals surface area contributed by atoms with Gasteiger partial charge in [0.2, 0.25) is 5.91 Å². The minimum absolute atomic E-state index is 0.000827. The molecule has 0 aromatic carbocycles. The third kappa shape index (κ3) is 5.48. The fraction of sp³-hybridized carbons (Fsp3) is 0.917. The van der Waals surface area contributed by atoms with Gasteiger partial charge in [0.25, 0.3) is 0 Å². The average molecular weight is 244 g/mol. The molecule has 2 atom stereocenters. The van der Waals surface area contributed by atoms with Crippen LogP contribution in [0.1, 0.15) is 20.3 Å². The highest BCUT2D eigenvalue weighted by Gasteiger charge is 2.20. The van der Waals surface area contributed by atoms with Gasteiger partial charge in [0, 0.05) is 20.2 Å². The van der Waals surface area contributed by atoms with Crippen LogP contribution in [-0.4, -0.2) is 51.5 Å². The Kier molecular flexibility index (Phi) is 6.47. The average Bonchev–Trinajstić information content (AvgIpc) is 2.29. The zero-order chi connectivity index (χ0) is 12.7. The first-order valence-electron chi connectivity index (χ1n) is 6.24. The van der Waals surface area contributed by atoms with Crippen LogP contribution in [0, 0.1) is 5.92 Å². The number of carbonyl (C=O) groups is 1. The van der Waals surface area contributed by atoms with Crippen LogP contribution in [0.25, 0.3) is 0 Å². The topological polar surface area (TPSA) is 59.6 Å². The summed E-state index contributed by atoms with van der Waals surface area (Å²) >= 11 is 0. The number of ether oxygens (including phenoxy) is 2. The summed E-state index contributed by atoms with van der Waals surface area (Å²) < 4.78 is 10.6. The van der Waals surface area contributed by atoms with Gasteiger partial charge in [0.1, 0.15) is 0 Å². The van der Waals surface area contributed by atoms with E-state index in [0.29, 0.717) is 25.6 Å². The van der Waals surface area contributed by atoms with E-state index in [4.69, 9.17) is 9.47 Å². The van der Waals surface area contributed by atoms with Crippen molar-refractivity contribution < 1.29 is 14.3 Å². The molecule has 100 valence electrons. The van der Waals surface area contributed by atoms with Crippen molar-refractivity contribution in [1.82, 2.24) is 10.6 Å². The Morgan fingerprint density at radius 2 is 2.35 bits per heavy atom. The zero-order valence-electron chi connectivity index (χ0n) is 11.0. The van der Waals surface area contributed by atoms with Gasteiger partial charge in [0.05, 0.1) is 31.8 Å². The molecular formula is C12H24N2O3. The molecule has 1 aliphatic rings. The molecule has 5 nitrogen and oxygen atoms in total. The maximum Gasteiger partial charge on any atom is 0.222 e. The molecular weight excluding hydrogens is 220 g/mol. The van der Waals surface area contributed by atoms with Crippen molar-refractivity contribution in [3.8, 4) is 0 Å². The molecule has 1 saturated heterocycles. The zero-order valence-corrected chi connectivity index (χ0v) is 11.0. The number of hydrogen-bond acceptors (Lipinski definition) is 4. The third-order valence-electron chi connectivity index (χ3n) is 2.91. The Labute approximate surface area is 103 Å². The molecule has 2 unspecified atom stereocenters. The summed E-state index contributed by atoms with van der Waals surface area (Å²) in [5, 5.41) is 6.20. The van der Waals surface area contributed by atoms with Gasteiger partial charge in [0.15, 0.2) is 0 Å². The van der Waals surface area contributed by atoms with E-state index in [1.165, 1.54) is 0 Å². The number of hydrogen-bond donors (Lipinski definition) is 2. The highest BCUT2D eigenvalue weighted by Crippen LogP contribution is 2.05. The number of amides is 1. The molecule has 0 saturated carbocycles. The van der Waals surface area contributed by atoms with Crippen molar-refractivity contribution >= 4 is 5.91 Å². The van der Waals surface area contributed by atoms with E-state index in [1.54, 1.807) is 7.11 Å². The van der Waals surface area contributed by atoms with Crippen LogP contribution < -0.4 is 10.6 Å². The molecule has 0 radical (unpaired) electrons. The second-order valence-electron chi connectivity index (χ2n) is 4.77. The summed E-state index contributed by atoms with van der Waals surface area (Å²) in [7, 11) is 1.65. The Hall–Kier alpha value is -0.650. The van der Waals surface area contributed by atoms with Crippen LogP contribution in [-0.2, 0) is 14.3 Å². The largest absolute Gasteiger partial charge is 0.383 e. The quantitative estimate of drug-likeness (QED) is 0.698. The normalized spacial score (nSPS) is 22.5. The number of rotatable bonds is 6. The molecule has 1 heterocycles. The fourth-order valence-corrected chi connectivity index (χ4v) is 1.80. The molecule has 0 aromatic rings. The second kappa shape index (κ2) is 7.63. The van der Waals surface area contributed by atoms with Gasteiger partial charge in [-0.1, -0.05) is 13.8 Å². The van der Waals surface area contributed by atoms with Gasteiger partial charge in [-0.2, -0.15) is 0 Å². The summed E-state index contributed by atoms with van der Waals surface area (Å²) in [4.78, 5) is 11.8. The lowest BCUT2D eigenvalue weighted by molar-refractivity contribution is -0.125. The Balaban J connectivity index is 2.30. The summed E-state index contributed by atoms with van der Waals surface area (Å²) in [6.07, 6.45) is 0.416. The van der Waals surface area contributed by atoms with Crippen LogP contribution in [0.3, 0.4) is 0 Å². The lowest BCUT2D eigenvalue weighted by Crippen LogP contribution is -2.45. The number of nitrogens with one attached hydrogen (secondary N) is 2. The lowest BCUT2D eigenvalue weighted by Gasteiger charge is -2.25. The predicted octanol–water partition coefficient (Wildman–Crippen LogP) is 0.152. The number of morpholine rings is 1. The van der Waals surface area contributed by atoms with E-state index >= 15 is 0 Å². The SMILES string of the molecule is COCC(NC(=O)CC1CNCCO1)C(C)C. The molecule has 5 heteroatoms. The maximum atomic E-state index is 11.8. The Morgan fingerprint density at radius 3 is 2.88 bits per heavy atom. The van der Waals surface area contributed by atoms with Crippen molar-refractivity contribution in [2.24, 2.45) is 5.92 Å². The van der Waals surface area contributed by atoms with Crippen molar-refractivity contribution in [2.75, 3.05) is 33.4 Å². The molecule has 2 N–H and O–H groups in total. The highest BCUT2D eigenvalue weighted by atomic mass is 16.5. The summed E-state index contributed by atoms with van der Waals surface area (Å²) in [6, 6.07) is 0.0732. The van der Waals surface area contributed by atoms with Gasteiger partial charge in [-0.3, -0.25) is 4.79 Å². The predicted molar refractivity (Wildman–Crippen MR) is 65.9 cm³/mol. The molecule has 17 heavy (non-hydrogen) atoms. The summed E-state index contributed by atoms with van der Waals surface area (Å²) in [6.45, 7) is 7.00. The number of methoxy groups -OCH3 is 1.